The first-order valence-electron chi connectivity index (χ1n) is 8.39. The van der Waals surface area contributed by atoms with Gasteiger partial charge in [0.25, 0.3) is 0 Å². The van der Waals surface area contributed by atoms with Gasteiger partial charge in [-0.3, -0.25) is 0 Å². The molecular formula is C15H36N2OSi2. The standard InChI is InChI=1S/C15H36N2OSi2/c1-19(2)14-11-15(9-5-7-12-16,10-6-8-13-17)18-20(19,3)4/h5-14,16-17H2,1-4H3. The quantitative estimate of drug-likeness (QED) is 0.533. The predicted octanol–water partition coefficient (Wildman–Crippen LogP) is 3.40. The van der Waals surface area contributed by atoms with Gasteiger partial charge in [-0.05, 0) is 71.1 Å². The first-order valence-corrected chi connectivity index (χ1v) is 15.5. The molecule has 0 spiro atoms. The highest BCUT2D eigenvalue weighted by Gasteiger charge is 2.52. The second-order valence-corrected chi connectivity index (χ2v) is 22.8. The lowest BCUT2D eigenvalue weighted by molar-refractivity contribution is 0.0305. The highest BCUT2D eigenvalue weighted by Crippen LogP contribution is 2.43. The summed E-state index contributed by atoms with van der Waals surface area (Å²) in [6, 6.07) is 1.44. The predicted molar refractivity (Wildman–Crippen MR) is 94.0 cm³/mol. The molecule has 0 aromatic rings. The Balaban J connectivity index is 2.72. The molecule has 0 amide bonds. The molecule has 1 saturated heterocycles. The van der Waals surface area contributed by atoms with Crippen molar-refractivity contribution in [2.24, 2.45) is 11.5 Å². The van der Waals surface area contributed by atoms with Crippen LogP contribution in [0.3, 0.4) is 0 Å². The van der Waals surface area contributed by atoms with Gasteiger partial charge in [0.2, 0.25) is 0 Å². The van der Waals surface area contributed by atoms with Crippen LogP contribution in [0.4, 0.5) is 0 Å². The third-order valence-corrected chi connectivity index (χ3v) is 22.0. The minimum absolute atomic E-state index is 0.155. The number of nitrogens with two attached hydrogens (primary N) is 2. The lowest BCUT2D eigenvalue weighted by Gasteiger charge is -2.52. The Labute approximate surface area is 127 Å². The Hall–Kier alpha value is 0.314. The minimum atomic E-state index is -1.50. The van der Waals surface area contributed by atoms with Crippen LogP contribution in [0.15, 0.2) is 0 Å². The van der Waals surface area contributed by atoms with Gasteiger partial charge in [0.05, 0.1) is 13.2 Å². The van der Waals surface area contributed by atoms with E-state index < -0.39 is 15.4 Å². The highest BCUT2D eigenvalue weighted by atomic mass is 29.3. The van der Waals surface area contributed by atoms with Crippen molar-refractivity contribution >= 4 is 15.4 Å². The normalized spacial score (nSPS) is 23.7. The van der Waals surface area contributed by atoms with Crippen LogP contribution < -0.4 is 11.5 Å². The molecule has 20 heavy (non-hydrogen) atoms. The lowest BCUT2D eigenvalue weighted by atomic mass is 9.88. The van der Waals surface area contributed by atoms with Crippen LogP contribution in [0.2, 0.25) is 32.2 Å². The molecule has 4 N–H and O–H groups in total. The third-order valence-electron chi connectivity index (χ3n) is 5.48. The SMILES string of the molecule is C[Si]1(C)CCC(CCCCN)(CCCCN)O[Si]1(C)C. The first-order chi connectivity index (χ1) is 9.29. The molecule has 0 radical (unpaired) electrons. The lowest BCUT2D eigenvalue weighted by Crippen LogP contribution is -2.65. The fraction of sp³-hybridized carbons (Fsp3) is 1.00. The summed E-state index contributed by atoms with van der Waals surface area (Å²) >= 11 is 0. The molecule has 1 rings (SSSR count). The zero-order valence-corrected chi connectivity index (χ0v) is 16.1. The summed E-state index contributed by atoms with van der Waals surface area (Å²) in [6.07, 6.45) is 8.37. The average molecular weight is 317 g/mol. The molecule has 0 aromatic heterocycles. The van der Waals surface area contributed by atoms with Crippen molar-refractivity contribution < 1.29 is 4.43 Å². The Bertz CT molecular complexity index is 286. The number of rotatable bonds is 8. The number of unbranched alkanes of at least 4 members (excludes halogenated alkanes) is 2. The van der Waals surface area contributed by atoms with Gasteiger partial charge in [-0.2, -0.15) is 0 Å². The molecule has 1 heterocycles. The maximum atomic E-state index is 6.89. The number of hydrogen-bond donors (Lipinski definition) is 2. The van der Waals surface area contributed by atoms with E-state index in [9.17, 15) is 0 Å². The van der Waals surface area contributed by atoms with Crippen molar-refractivity contribution in [1.29, 1.82) is 0 Å². The zero-order valence-electron chi connectivity index (χ0n) is 14.1. The topological polar surface area (TPSA) is 61.3 Å². The smallest absolute Gasteiger partial charge is 0.174 e. The zero-order chi connectivity index (χ0) is 15.3. The van der Waals surface area contributed by atoms with Crippen LogP contribution in [-0.4, -0.2) is 34.1 Å². The molecule has 0 atom stereocenters. The summed E-state index contributed by atoms with van der Waals surface area (Å²) in [5.41, 5.74) is 11.5. The van der Waals surface area contributed by atoms with Gasteiger partial charge in [-0.15, -0.1) is 0 Å². The molecule has 1 fully saturated rings. The van der Waals surface area contributed by atoms with Crippen LogP contribution >= 0.6 is 0 Å². The molecule has 0 saturated carbocycles. The fourth-order valence-electron chi connectivity index (χ4n) is 3.23. The van der Waals surface area contributed by atoms with Gasteiger partial charge >= 0.3 is 0 Å². The van der Waals surface area contributed by atoms with Gasteiger partial charge < -0.3 is 15.9 Å². The van der Waals surface area contributed by atoms with Crippen molar-refractivity contribution in [2.45, 2.75) is 82.8 Å². The van der Waals surface area contributed by atoms with Gasteiger partial charge in [-0.1, -0.05) is 19.1 Å². The van der Waals surface area contributed by atoms with E-state index in [0.29, 0.717) is 0 Å². The molecule has 1 aliphatic heterocycles. The van der Waals surface area contributed by atoms with Crippen LogP contribution in [0.25, 0.3) is 0 Å². The third kappa shape index (κ3) is 4.66. The second-order valence-electron chi connectivity index (χ2n) is 7.67. The fourth-order valence-corrected chi connectivity index (χ4v) is 10.2. The van der Waals surface area contributed by atoms with Gasteiger partial charge in [0, 0.05) is 0 Å². The minimum Gasteiger partial charge on any atom is -0.415 e. The highest BCUT2D eigenvalue weighted by molar-refractivity contribution is 7.38. The Kier molecular flexibility index (Phi) is 6.92. The summed E-state index contributed by atoms with van der Waals surface area (Å²) in [5, 5.41) is 0. The first kappa shape index (κ1) is 18.4. The molecule has 0 unspecified atom stereocenters. The van der Waals surface area contributed by atoms with E-state index in [4.69, 9.17) is 15.9 Å². The summed E-state index contributed by atoms with van der Waals surface area (Å²) in [4.78, 5) is 0. The molecular weight excluding hydrogens is 280 g/mol. The molecule has 0 bridgehead atoms. The summed E-state index contributed by atoms with van der Waals surface area (Å²) in [5.74, 6) is 0. The Morgan fingerprint density at radius 3 is 1.80 bits per heavy atom. The van der Waals surface area contributed by atoms with Crippen molar-refractivity contribution in [3.8, 4) is 0 Å². The largest absolute Gasteiger partial charge is 0.415 e. The van der Waals surface area contributed by atoms with E-state index >= 15 is 0 Å². The average Bonchev–Trinajstić information content (AvgIpc) is 2.35. The van der Waals surface area contributed by atoms with E-state index in [2.05, 4.69) is 26.2 Å². The van der Waals surface area contributed by atoms with Crippen molar-refractivity contribution in [3.63, 3.8) is 0 Å². The molecule has 0 aliphatic carbocycles. The van der Waals surface area contributed by atoms with Gasteiger partial charge in [0.15, 0.2) is 7.83 Å². The van der Waals surface area contributed by atoms with E-state index in [1.165, 1.54) is 38.1 Å². The van der Waals surface area contributed by atoms with E-state index in [1.807, 2.05) is 0 Å². The maximum absolute atomic E-state index is 6.89. The van der Waals surface area contributed by atoms with Gasteiger partial charge in [0.1, 0.15) is 0 Å². The van der Waals surface area contributed by atoms with Crippen LogP contribution in [0.5, 0.6) is 0 Å². The number of hydrogen-bond acceptors (Lipinski definition) is 3. The molecule has 120 valence electrons. The van der Waals surface area contributed by atoms with Crippen molar-refractivity contribution in [3.05, 3.63) is 0 Å². The van der Waals surface area contributed by atoms with Crippen molar-refractivity contribution in [1.82, 2.24) is 0 Å². The van der Waals surface area contributed by atoms with E-state index in [0.717, 1.165) is 25.9 Å². The van der Waals surface area contributed by atoms with Crippen LogP contribution in [0.1, 0.15) is 44.9 Å². The molecule has 1 aliphatic rings. The maximum Gasteiger partial charge on any atom is 0.174 e. The van der Waals surface area contributed by atoms with Crippen LogP contribution in [-0.2, 0) is 4.43 Å². The monoisotopic (exact) mass is 316 g/mol. The summed E-state index contributed by atoms with van der Waals surface area (Å²) < 4.78 is 6.89. The Morgan fingerprint density at radius 2 is 1.40 bits per heavy atom. The molecule has 0 aromatic carbocycles. The van der Waals surface area contributed by atoms with E-state index in [-0.39, 0.29) is 5.60 Å². The molecule has 3 nitrogen and oxygen atoms in total. The summed E-state index contributed by atoms with van der Waals surface area (Å²) in [6.45, 7) is 11.6. The van der Waals surface area contributed by atoms with Crippen molar-refractivity contribution in [2.75, 3.05) is 13.1 Å². The second kappa shape index (κ2) is 7.54. The summed E-state index contributed by atoms with van der Waals surface area (Å²) in [7, 11) is -2.63. The van der Waals surface area contributed by atoms with Gasteiger partial charge in [-0.25, -0.2) is 0 Å². The van der Waals surface area contributed by atoms with Crippen LogP contribution in [0, 0.1) is 0 Å². The van der Waals surface area contributed by atoms with E-state index in [1.54, 1.807) is 0 Å². The molecule has 5 heteroatoms. The Morgan fingerprint density at radius 1 is 0.900 bits per heavy atom.